The molecule has 2 heterocycles. The predicted molar refractivity (Wildman–Crippen MR) is 85.1 cm³/mol. The molecule has 114 valence electrons. The third-order valence-electron chi connectivity index (χ3n) is 3.08. The summed E-state index contributed by atoms with van der Waals surface area (Å²) in [6.45, 7) is 4.20. The molecule has 0 aliphatic heterocycles. The summed E-state index contributed by atoms with van der Waals surface area (Å²) in [5.74, 6) is 0. The van der Waals surface area contributed by atoms with Crippen LogP contribution in [0, 0.1) is 0 Å². The Hall–Kier alpha value is -0.920. The van der Waals surface area contributed by atoms with Gasteiger partial charge < -0.3 is 0 Å². The van der Waals surface area contributed by atoms with Crippen molar-refractivity contribution in [3.63, 3.8) is 0 Å². The van der Waals surface area contributed by atoms with Crippen LogP contribution in [0.1, 0.15) is 30.8 Å². The van der Waals surface area contributed by atoms with Gasteiger partial charge in [0, 0.05) is 27.5 Å². The molecule has 0 spiro atoms. The van der Waals surface area contributed by atoms with E-state index in [1.165, 1.54) is 0 Å². The van der Waals surface area contributed by atoms with Gasteiger partial charge >= 0.3 is 0 Å². The second-order valence-electron chi connectivity index (χ2n) is 4.54. The van der Waals surface area contributed by atoms with Crippen LogP contribution in [0.3, 0.4) is 0 Å². The first-order valence-corrected chi connectivity index (χ1v) is 9.59. The highest BCUT2D eigenvalue weighted by Crippen LogP contribution is 2.26. The van der Waals surface area contributed by atoms with Crippen LogP contribution < -0.4 is 0 Å². The molecule has 2 aromatic heterocycles. The van der Waals surface area contributed by atoms with Gasteiger partial charge in [0.1, 0.15) is 4.90 Å². The Bertz CT molecular complexity index is 759. The zero-order valence-corrected chi connectivity index (χ0v) is 14.8. The van der Waals surface area contributed by atoms with Gasteiger partial charge in [0.05, 0.1) is 17.9 Å². The minimum atomic E-state index is -3.80. The Labute approximate surface area is 136 Å². The Morgan fingerprint density at radius 2 is 2.00 bits per heavy atom. The van der Waals surface area contributed by atoms with Crippen molar-refractivity contribution < 1.29 is 8.42 Å². The zero-order valence-electron chi connectivity index (χ0n) is 11.7. The normalized spacial score (nSPS) is 11.8. The lowest BCUT2D eigenvalue weighted by Gasteiger charge is -2.07. The fourth-order valence-corrected chi connectivity index (χ4v) is 4.18. The van der Waals surface area contributed by atoms with E-state index in [2.05, 4.69) is 26.0 Å². The van der Waals surface area contributed by atoms with E-state index in [-0.39, 0.29) is 4.90 Å². The van der Waals surface area contributed by atoms with Crippen molar-refractivity contribution in [2.75, 3.05) is 0 Å². The van der Waals surface area contributed by atoms with Crippen LogP contribution in [-0.4, -0.2) is 23.2 Å². The number of hydrogen-bond acceptors (Lipinski definition) is 4. The Kier molecular flexibility index (Phi) is 5.06. The molecule has 2 rings (SSSR count). The minimum absolute atomic E-state index is 0.150. The highest BCUT2D eigenvalue weighted by atomic mass is 79.9. The SMILES string of the molecule is CCc1nn(Cc2cncc(Br)c2)c(CC)c1S(=O)(=O)Cl. The van der Waals surface area contributed by atoms with E-state index in [0.29, 0.717) is 30.8 Å². The summed E-state index contributed by atoms with van der Waals surface area (Å²) in [6, 6.07) is 1.93. The molecular formula is C13H15BrClN3O2S. The van der Waals surface area contributed by atoms with E-state index in [1.807, 2.05) is 19.9 Å². The van der Waals surface area contributed by atoms with Gasteiger partial charge in [-0.25, -0.2) is 8.42 Å². The van der Waals surface area contributed by atoms with Crippen LogP contribution in [0.2, 0.25) is 0 Å². The van der Waals surface area contributed by atoms with Crippen molar-refractivity contribution in [2.45, 2.75) is 38.1 Å². The number of hydrogen-bond donors (Lipinski definition) is 0. The molecule has 21 heavy (non-hydrogen) atoms. The first-order chi connectivity index (χ1) is 9.86. The number of aromatic nitrogens is 3. The maximum Gasteiger partial charge on any atom is 0.264 e. The fraction of sp³-hybridized carbons (Fsp3) is 0.385. The topological polar surface area (TPSA) is 64.8 Å². The van der Waals surface area contributed by atoms with Crippen LogP contribution in [-0.2, 0) is 28.4 Å². The van der Waals surface area contributed by atoms with Crippen molar-refractivity contribution in [1.82, 2.24) is 14.8 Å². The summed E-state index contributed by atoms with van der Waals surface area (Å²) < 4.78 is 26.2. The molecule has 0 bridgehead atoms. The summed E-state index contributed by atoms with van der Waals surface area (Å²) in [4.78, 5) is 4.25. The summed E-state index contributed by atoms with van der Waals surface area (Å²) in [6.07, 6.45) is 4.47. The van der Waals surface area contributed by atoms with Crippen LogP contribution in [0.5, 0.6) is 0 Å². The summed E-state index contributed by atoms with van der Waals surface area (Å²) in [7, 11) is 1.76. The minimum Gasteiger partial charge on any atom is -0.263 e. The molecule has 0 atom stereocenters. The molecule has 0 aliphatic carbocycles. The summed E-state index contributed by atoms with van der Waals surface area (Å²) >= 11 is 3.37. The average molecular weight is 393 g/mol. The first-order valence-electron chi connectivity index (χ1n) is 6.49. The number of rotatable bonds is 5. The molecule has 0 amide bonds. The Morgan fingerprint density at radius 1 is 1.29 bits per heavy atom. The largest absolute Gasteiger partial charge is 0.264 e. The van der Waals surface area contributed by atoms with Gasteiger partial charge in [0.25, 0.3) is 9.05 Å². The van der Waals surface area contributed by atoms with Crippen LogP contribution >= 0.6 is 26.6 Å². The van der Waals surface area contributed by atoms with E-state index in [9.17, 15) is 8.42 Å². The summed E-state index contributed by atoms with van der Waals surface area (Å²) in [5, 5.41) is 4.40. The smallest absolute Gasteiger partial charge is 0.263 e. The van der Waals surface area contributed by atoms with E-state index >= 15 is 0 Å². The van der Waals surface area contributed by atoms with Gasteiger partial charge in [-0.05, 0) is 40.4 Å². The lowest BCUT2D eigenvalue weighted by atomic mass is 10.2. The van der Waals surface area contributed by atoms with Crippen molar-refractivity contribution in [1.29, 1.82) is 0 Å². The monoisotopic (exact) mass is 391 g/mol. The number of pyridine rings is 1. The quantitative estimate of drug-likeness (QED) is 0.733. The predicted octanol–water partition coefficient (Wildman–Crippen LogP) is 3.14. The number of aryl methyl sites for hydroxylation is 1. The van der Waals surface area contributed by atoms with Crippen LogP contribution in [0.4, 0.5) is 0 Å². The molecule has 0 unspecified atom stereocenters. The van der Waals surface area contributed by atoms with Gasteiger partial charge in [-0.1, -0.05) is 13.8 Å². The van der Waals surface area contributed by atoms with Crippen molar-refractivity contribution in [3.05, 3.63) is 39.9 Å². The van der Waals surface area contributed by atoms with Crippen LogP contribution in [0.15, 0.2) is 27.8 Å². The molecule has 0 radical (unpaired) electrons. The molecule has 0 saturated heterocycles. The highest BCUT2D eigenvalue weighted by molar-refractivity contribution is 9.10. The van der Waals surface area contributed by atoms with Crippen molar-refractivity contribution >= 4 is 35.7 Å². The van der Waals surface area contributed by atoms with E-state index in [0.717, 1.165) is 10.0 Å². The Balaban J connectivity index is 2.52. The van der Waals surface area contributed by atoms with E-state index in [4.69, 9.17) is 10.7 Å². The molecular weight excluding hydrogens is 378 g/mol. The molecule has 5 nitrogen and oxygen atoms in total. The van der Waals surface area contributed by atoms with Gasteiger partial charge in [0.15, 0.2) is 0 Å². The first kappa shape index (κ1) is 16.5. The second kappa shape index (κ2) is 6.46. The molecule has 2 aromatic rings. The molecule has 0 saturated carbocycles. The number of halogens is 2. The zero-order chi connectivity index (χ0) is 15.6. The standard InChI is InChI=1S/C13H15BrClN3O2S/c1-3-11-13(21(15,19)20)12(4-2)18(17-11)8-9-5-10(14)7-16-6-9/h5-7H,3-4,8H2,1-2H3. The molecule has 8 heteroatoms. The third kappa shape index (κ3) is 3.64. The Morgan fingerprint density at radius 3 is 2.52 bits per heavy atom. The van der Waals surface area contributed by atoms with Gasteiger partial charge in [0.2, 0.25) is 0 Å². The molecule has 0 fully saturated rings. The van der Waals surface area contributed by atoms with Gasteiger partial charge in [-0.3, -0.25) is 9.67 Å². The average Bonchev–Trinajstić information content (AvgIpc) is 2.76. The van der Waals surface area contributed by atoms with E-state index < -0.39 is 9.05 Å². The molecule has 0 aromatic carbocycles. The lowest BCUT2D eigenvalue weighted by Crippen LogP contribution is -2.07. The van der Waals surface area contributed by atoms with Crippen molar-refractivity contribution in [2.24, 2.45) is 0 Å². The van der Waals surface area contributed by atoms with E-state index in [1.54, 1.807) is 17.1 Å². The maximum atomic E-state index is 11.8. The maximum absolute atomic E-state index is 11.8. The number of nitrogens with zero attached hydrogens (tertiary/aromatic N) is 3. The van der Waals surface area contributed by atoms with Crippen LogP contribution in [0.25, 0.3) is 0 Å². The molecule has 0 aliphatic rings. The lowest BCUT2D eigenvalue weighted by molar-refractivity contribution is 0.605. The second-order valence-corrected chi connectivity index (χ2v) is 7.95. The highest BCUT2D eigenvalue weighted by Gasteiger charge is 2.25. The summed E-state index contributed by atoms with van der Waals surface area (Å²) in [5.41, 5.74) is 2.06. The van der Waals surface area contributed by atoms with Crippen molar-refractivity contribution in [3.8, 4) is 0 Å². The van der Waals surface area contributed by atoms with Gasteiger partial charge in [-0.15, -0.1) is 0 Å². The third-order valence-corrected chi connectivity index (χ3v) is 4.94. The van der Waals surface area contributed by atoms with Gasteiger partial charge in [-0.2, -0.15) is 5.10 Å². The fourth-order valence-electron chi connectivity index (χ4n) is 2.24. The molecule has 0 N–H and O–H groups in total.